The molecule has 40 heavy (non-hydrogen) atoms. The second kappa shape index (κ2) is 11.8. The Morgan fingerprint density at radius 2 is 1.80 bits per heavy atom. The van der Waals surface area contributed by atoms with Crippen molar-refractivity contribution in [2.45, 2.75) is 45.0 Å². The summed E-state index contributed by atoms with van der Waals surface area (Å²) in [5, 5.41) is 18.5. The van der Waals surface area contributed by atoms with E-state index in [4.69, 9.17) is 11.6 Å². The molecule has 13 heteroatoms. The highest BCUT2D eigenvalue weighted by atomic mass is 35.5. The van der Waals surface area contributed by atoms with Crippen LogP contribution in [0.2, 0.25) is 5.02 Å². The Balaban J connectivity index is 0.00000181. The number of alkyl halides is 3. The van der Waals surface area contributed by atoms with E-state index in [1.165, 1.54) is 18.3 Å². The quantitative estimate of drug-likeness (QED) is 0.194. The van der Waals surface area contributed by atoms with Gasteiger partial charge < -0.3 is 21.1 Å². The van der Waals surface area contributed by atoms with Crippen molar-refractivity contribution in [3.05, 3.63) is 76.4 Å². The topological polar surface area (TPSA) is 116 Å². The lowest BCUT2D eigenvalue weighted by Gasteiger charge is -2.12. The van der Waals surface area contributed by atoms with Crippen LogP contribution in [0, 0.1) is 0 Å². The first-order chi connectivity index (χ1) is 19.0. The number of nitrogens with one attached hydrogen (secondary N) is 3. The van der Waals surface area contributed by atoms with Gasteiger partial charge in [-0.05, 0) is 72.4 Å². The highest BCUT2D eigenvalue weighted by molar-refractivity contribution is 7.14. The van der Waals surface area contributed by atoms with Crippen LogP contribution in [0.1, 0.15) is 48.2 Å². The van der Waals surface area contributed by atoms with Gasteiger partial charge in [0, 0.05) is 18.4 Å². The van der Waals surface area contributed by atoms with Crippen LogP contribution < -0.4 is 16.0 Å². The Hall–Kier alpha value is -3.74. The third-order valence-corrected chi connectivity index (χ3v) is 7.15. The van der Waals surface area contributed by atoms with Crippen molar-refractivity contribution in [1.82, 2.24) is 14.7 Å². The zero-order valence-corrected chi connectivity index (χ0v) is 23.0. The van der Waals surface area contributed by atoms with E-state index in [0.717, 1.165) is 23.7 Å². The molecule has 0 bridgehead atoms. The number of nitrogens with zero attached hydrogens (tertiary/aromatic N) is 2. The average molecular weight is 592 g/mol. The van der Waals surface area contributed by atoms with E-state index in [-0.39, 0.29) is 17.1 Å². The number of aromatic nitrogens is 2. The van der Waals surface area contributed by atoms with Crippen LogP contribution in [0.25, 0.3) is 10.2 Å². The maximum atomic E-state index is 13.1. The summed E-state index contributed by atoms with van der Waals surface area (Å²) >= 11 is 7.32. The first kappa shape index (κ1) is 29.2. The number of amides is 2. The molecule has 4 N–H and O–H groups in total. The number of hydrogen-bond acceptors (Lipinski definition) is 7. The SMILES string of the molecule is CC.O=C(Nc1ccnc2c(Nc3ccc(C(F)(F)F)cc3)nsc12)c1cc(CNC(=O)C2(O)CC2)ccc1Cl. The number of benzene rings is 2. The van der Waals surface area contributed by atoms with Gasteiger partial charge in [-0.15, -0.1) is 0 Å². The van der Waals surface area contributed by atoms with Crippen molar-refractivity contribution in [1.29, 1.82) is 0 Å². The summed E-state index contributed by atoms with van der Waals surface area (Å²) in [6, 6.07) is 10.9. The number of hydrogen-bond donors (Lipinski definition) is 4. The Labute approximate surface area is 236 Å². The molecule has 2 amide bonds. The van der Waals surface area contributed by atoms with Crippen LogP contribution in [-0.4, -0.2) is 31.9 Å². The zero-order chi connectivity index (χ0) is 29.1. The van der Waals surface area contributed by atoms with E-state index in [9.17, 15) is 27.9 Å². The number of carbonyl (C=O) groups is 2. The normalized spacial score (nSPS) is 13.7. The van der Waals surface area contributed by atoms with Crippen LogP contribution >= 0.6 is 23.1 Å². The summed E-state index contributed by atoms with van der Waals surface area (Å²) in [4.78, 5) is 29.4. The molecule has 1 fully saturated rings. The van der Waals surface area contributed by atoms with Crippen LogP contribution in [0.15, 0.2) is 54.7 Å². The first-order valence-corrected chi connectivity index (χ1v) is 13.5. The van der Waals surface area contributed by atoms with Crippen LogP contribution in [0.5, 0.6) is 0 Å². The standard InChI is InChI=1S/C25H19ClF3N5O3S.C2H6/c26-17-6-1-13(12-31-23(36)24(37)8-9-24)11-16(17)22(35)33-18-7-10-30-19-20(18)38-34-21(19)32-15-4-2-14(3-5-15)25(27,28)29;1-2/h1-7,10-11,37H,8-9,12H2,(H,31,36)(H,32,34)(H,30,33,35);1-2H3. The molecule has 0 unspecified atom stereocenters. The number of rotatable bonds is 7. The molecular weight excluding hydrogens is 567 g/mol. The summed E-state index contributed by atoms with van der Waals surface area (Å²) in [7, 11) is 0. The molecule has 0 aliphatic heterocycles. The van der Waals surface area contributed by atoms with E-state index >= 15 is 0 Å². The molecule has 1 aliphatic carbocycles. The van der Waals surface area contributed by atoms with Crippen molar-refractivity contribution in [2.24, 2.45) is 0 Å². The fraction of sp³-hybridized carbons (Fsp3) is 0.259. The summed E-state index contributed by atoms with van der Waals surface area (Å²) in [5.41, 5.74) is -0.0181. The third-order valence-electron chi connectivity index (χ3n) is 5.95. The predicted molar refractivity (Wildman–Crippen MR) is 149 cm³/mol. The Morgan fingerprint density at radius 1 is 1.10 bits per heavy atom. The number of halogens is 4. The molecular formula is C27H25ClF3N5O3S. The fourth-order valence-corrected chi connectivity index (χ4v) is 4.61. The minimum Gasteiger partial charge on any atom is -0.380 e. The fourth-order valence-electron chi connectivity index (χ4n) is 3.64. The summed E-state index contributed by atoms with van der Waals surface area (Å²) in [6.45, 7) is 4.12. The Kier molecular flexibility index (Phi) is 8.62. The van der Waals surface area contributed by atoms with Crippen molar-refractivity contribution in [3.63, 3.8) is 0 Å². The maximum Gasteiger partial charge on any atom is 0.416 e. The highest BCUT2D eigenvalue weighted by Gasteiger charge is 2.47. The van der Waals surface area contributed by atoms with Crippen molar-refractivity contribution < 1.29 is 27.9 Å². The molecule has 0 radical (unpaired) electrons. The van der Waals surface area contributed by atoms with Gasteiger partial charge in [-0.3, -0.25) is 14.6 Å². The maximum absolute atomic E-state index is 13.1. The van der Waals surface area contributed by atoms with Crippen LogP contribution in [0.3, 0.4) is 0 Å². The lowest BCUT2D eigenvalue weighted by molar-refractivity contribution is -0.137. The summed E-state index contributed by atoms with van der Waals surface area (Å²) in [6.07, 6.45) is -2.12. The van der Waals surface area contributed by atoms with Crippen molar-refractivity contribution in [2.75, 3.05) is 10.6 Å². The molecule has 0 spiro atoms. The molecule has 5 rings (SSSR count). The predicted octanol–water partition coefficient (Wildman–Crippen LogP) is 6.53. The minimum absolute atomic E-state index is 0.117. The van der Waals surface area contributed by atoms with Gasteiger partial charge in [0.05, 0.1) is 26.5 Å². The van der Waals surface area contributed by atoms with E-state index in [0.29, 0.717) is 45.8 Å². The number of pyridine rings is 1. The smallest absolute Gasteiger partial charge is 0.380 e. The molecule has 0 atom stereocenters. The highest BCUT2D eigenvalue weighted by Crippen LogP contribution is 2.36. The van der Waals surface area contributed by atoms with Gasteiger partial charge in [0.1, 0.15) is 11.1 Å². The lowest BCUT2D eigenvalue weighted by atomic mass is 10.1. The molecule has 2 aromatic carbocycles. The van der Waals surface area contributed by atoms with Crippen molar-refractivity contribution in [3.8, 4) is 0 Å². The molecule has 1 saturated carbocycles. The van der Waals surface area contributed by atoms with E-state index < -0.39 is 29.2 Å². The van der Waals surface area contributed by atoms with Crippen LogP contribution in [-0.2, 0) is 17.5 Å². The second-order valence-corrected chi connectivity index (χ2v) is 9.93. The van der Waals surface area contributed by atoms with Gasteiger partial charge in [-0.1, -0.05) is 31.5 Å². The van der Waals surface area contributed by atoms with E-state index in [2.05, 4.69) is 25.3 Å². The lowest BCUT2D eigenvalue weighted by Crippen LogP contribution is -2.35. The number of fused-ring (bicyclic) bond motifs is 1. The van der Waals surface area contributed by atoms with Gasteiger partial charge >= 0.3 is 6.18 Å². The van der Waals surface area contributed by atoms with Gasteiger partial charge in [-0.25, -0.2) is 0 Å². The minimum atomic E-state index is -4.43. The van der Waals surface area contributed by atoms with Gasteiger partial charge in [0.15, 0.2) is 5.82 Å². The first-order valence-electron chi connectivity index (χ1n) is 12.3. The van der Waals surface area contributed by atoms with E-state index in [1.807, 2.05) is 13.8 Å². The number of anilines is 3. The molecule has 0 saturated heterocycles. The monoisotopic (exact) mass is 591 g/mol. The zero-order valence-electron chi connectivity index (χ0n) is 21.4. The van der Waals surface area contributed by atoms with Crippen LogP contribution in [0.4, 0.5) is 30.4 Å². The van der Waals surface area contributed by atoms with E-state index in [1.54, 1.807) is 24.3 Å². The number of carbonyl (C=O) groups excluding carboxylic acids is 2. The average Bonchev–Trinajstić information content (AvgIpc) is 3.57. The second-order valence-electron chi connectivity index (χ2n) is 8.75. The van der Waals surface area contributed by atoms with Gasteiger partial charge in [0.2, 0.25) is 0 Å². The largest absolute Gasteiger partial charge is 0.416 e. The van der Waals surface area contributed by atoms with Gasteiger partial charge in [0.25, 0.3) is 11.8 Å². The summed E-state index contributed by atoms with van der Waals surface area (Å²) < 4.78 is 43.3. The molecule has 8 nitrogen and oxygen atoms in total. The third kappa shape index (κ3) is 6.52. The number of aliphatic hydroxyl groups is 1. The summed E-state index contributed by atoms with van der Waals surface area (Å²) in [5.74, 6) is -0.625. The molecule has 210 valence electrons. The molecule has 1 aliphatic rings. The molecule has 2 heterocycles. The molecule has 4 aromatic rings. The Morgan fingerprint density at radius 3 is 2.45 bits per heavy atom. The Bertz CT molecular complexity index is 1540. The van der Waals surface area contributed by atoms with Crippen molar-refractivity contribution >= 4 is 62.4 Å². The van der Waals surface area contributed by atoms with Gasteiger partial charge in [-0.2, -0.15) is 17.5 Å². The molecule has 2 aromatic heterocycles.